The fourth-order valence-corrected chi connectivity index (χ4v) is 2.45. The van der Waals surface area contributed by atoms with Crippen LogP contribution in [-0.2, 0) is 10.8 Å². The number of rotatable bonds is 6. The zero-order valence-electron chi connectivity index (χ0n) is 11.2. The van der Waals surface area contributed by atoms with Gasteiger partial charge in [-0.05, 0) is 30.0 Å². The average molecular weight is 278 g/mol. The Morgan fingerprint density at radius 1 is 1.37 bits per heavy atom. The molecule has 0 aliphatic heterocycles. The SMILES string of the molecule is COc1ccc2ccnc(NCCCS(C)=O)c2c1. The molecule has 5 heteroatoms. The van der Waals surface area contributed by atoms with Crippen molar-refractivity contribution in [3.63, 3.8) is 0 Å². The standard InChI is InChI=1S/C14H18N2O2S/c1-18-12-5-4-11-6-8-16-14(13(11)10-12)15-7-3-9-19(2)17/h4-6,8,10H,3,7,9H2,1-2H3,(H,15,16). The van der Waals surface area contributed by atoms with E-state index in [4.69, 9.17) is 4.74 Å². The van der Waals surface area contributed by atoms with E-state index in [0.29, 0.717) is 5.75 Å². The summed E-state index contributed by atoms with van der Waals surface area (Å²) in [7, 11) is 0.918. The van der Waals surface area contributed by atoms with Crippen LogP contribution >= 0.6 is 0 Å². The minimum atomic E-state index is -0.736. The number of nitrogens with one attached hydrogen (secondary N) is 1. The number of ether oxygens (including phenoxy) is 1. The molecule has 0 aliphatic carbocycles. The van der Waals surface area contributed by atoms with Crippen molar-refractivity contribution >= 4 is 27.4 Å². The van der Waals surface area contributed by atoms with E-state index in [1.54, 1.807) is 19.6 Å². The fourth-order valence-electron chi connectivity index (χ4n) is 1.90. The lowest BCUT2D eigenvalue weighted by molar-refractivity contribution is 0.415. The molecule has 1 unspecified atom stereocenters. The molecule has 2 rings (SSSR count). The summed E-state index contributed by atoms with van der Waals surface area (Å²) in [4.78, 5) is 4.36. The third kappa shape index (κ3) is 3.67. The molecule has 19 heavy (non-hydrogen) atoms. The van der Waals surface area contributed by atoms with Crippen LogP contribution in [0.3, 0.4) is 0 Å². The lowest BCUT2D eigenvalue weighted by Gasteiger charge is -2.09. The van der Waals surface area contributed by atoms with Gasteiger partial charge in [0, 0.05) is 40.9 Å². The molecule has 0 bridgehead atoms. The normalized spacial score (nSPS) is 12.3. The second-order valence-corrected chi connectivity index (χ2v) is 5.86. The van der Waals surface area contributed by atoms with E-state index < -0.39 is 10.8 Å². The molecule has 1 heterocycles. The quantitative estimate of drug-likeness (QED) is 0.825. The van der Waals surface area contributed by atoms with Crippen LogP contribution < -0.4 is 10.1 Å². The van der Waals surface area contributed by atoms with Gasteiger partial charge in [0.25, 0.3) is 0 Å². The molecule has 0 radical (unpaired) electrons. The van der Waals surface area contributed by atoms with Crippen LogP contribution in [0.2, 0.25) is 0 Å². The van der Waals surface area contributed by atoms with Gasteiger partial charge in [-0.2, -0.15) is 0 Å². The number of hydrogen-bond donors (Lipinski definition) is 1. The van der Waals surface area contributed by atoms with Gasteiger partial charge < -0.3 is 10.1 Å². The summed E-state index contributed by atoms with van der Waals surface area (Å²) < 4.78 is 16.2. The number of anilines is 1. The van der Waals surface area contributed by atoms with Gasteiger partial charge in [0.05, 0.1) is 7.11 Å². The zero-order valence-corrected chi connectivity index (χ0v) is 12.0. The predicted octanol–water partition coefficient (Wildman–Crippen LogP) is 2.42. The van der Waals surface area contributed by atoms with Crippen molar-refractivity contribution in [2.24, 2.45) is 0 Å². The monoisotopic (exact) mass is 278 g/mol. The summed E-state index contributed by atoms with van der Waals surface area (Å²) >= 11 is 0. The number of methoxy groups -OCH3 is 1. The number of nitrogens with zero attached hydrogens (tertiary/aromatic N) is 1. The first kappa shape index (κ1) is 13.8. The Balaban J connectivity index is 2.15. The Hall–Kier alpha value is -1.62. The second-order valence-electron chi connectivity index (χ2n) is 4.30. The number of fused-ring (bicyclic) bond motifs is 1. The molecule has 1 N–H and O–H groups in total. The van der Waals surface area contributed by atoms with Crippen LogP contribution in [0, 0.1) is 0 Å². The maximum Gasteiger partial charge on any atom is 0.133 e. The first-order chi connectivity index (χ1) is 9.20. The van der Waals surface area contributed by atoms with E-state index in [9.17, 15) is 4.21 Å². The van der Waals surface area contributed by atoms with Crippen molar-refractivity contribution in [3.05, 3.63) is 30.5 Å². The molecule has 0 amide bonds. The van der Waals surface area contributed by atoms with E-state index in [0.717, 1.165) is 35.3 Å². The second kappa shape index (κ2) is 6.52. The maximum absolute atomic E-state index is 11.0. The highest BCUT2D eigenvalue weighted by Crippen LogP contribution is 2.25. The summed E-state index contributed by atoms with van der Waals surface area (Å²) in [6.07, 6.45) is 4.38. The average Bonchev–Trinajstić information content (AvgIpc) is 2.43. The molecule has 0 aliphatic rings. The highest BCUT2D eigenvalue weighted by molar-refractivity contribution is 7.84. The third-order valence-corrected chi connectivity index (χ3v) is 3.74. The van der Waals surface area contributed by atoms with Crippen molar-refractivity contribution in [1.82, 2.24) is 4.98 Å². The van der Waals surface area contributed by atoms with Gasteiger partial charge >= 0.3 is 0 Å². The van der Waals surface area contributed by atoms with E-state index in [-0.39, 0.29) is 0 Å². The summed E-state index contributed by atoms with van der Waals surface area (Å²) in [5.74, 6) is 2.37. The Bertz CT molecular complexity index is 587. The van der Waals surface area contributed by atoms with Crippen molar-refractivity contribution in [3.8, 4) is 5.75 Å². The van der Waals surface area contributed by atoms with Crippen LogP contribution in [0.25, 0.3) is 10.8 Å². The number of hydrogen-bond acceptors (Lipinski definition) is 4. The molecular weight excluding hydrogens is 260 g/mol. The van der Waals surface area contributed by atoms with Gasteiger partial charge in [0.1, 0.15) is 11.6 Å². The number of benzene rings is 1. The van der Waals surface area contributed by atoms with Gasteiger partial charge in [-0.1, -0.05) is 6.07 Å². The van der Waals surface area contributed by atoms with Crippen molar-refractivity contribution < 1.29 is 8.95 Å². The van der Waals surface area contributed by atoms with Gasteiger partial charge in [-0.3, -0.25) is 4.21 Å². The van der Waals surface area contributed by atoms with Gasteiger partial charge in [0.15, 0.2) is 0 Å². The van der Waals surface area contributed by atoms with Crippen molar-refractivity contribution in [1.29, 1.82) is 0 Å². The first-order valence-electron chi connectivity index (χ1n) is 6.17. The minimum Gasteiger partial charge on any atom is -0.497 e. The predicted molar refractivity (Wildman–Crippen MR) is 80.3 cm³/mol. The fraction of sp³-hybridized carbons (Fsp3) is 0.357. The molecule has 0 spiro atoms. The van der Waals surface area contributed by atoms with E-state index in [1.165, 1.54) is 0 Å². The molecule has 2 aromatic rings. The molecule has 1 atom stereocenters. The zero-order chi connectivity index (χ0) is 13.7. The Morgan fingerprint density at radius 3 is 2.95 bits per heavy atom. The van der Waals surface area contributed by atoms with Crippen LogP contribution in [0.4, 0.5) is 5.82 Å². The lowest BCUT2D eigenvalue weighted by atomic mass is 10.1. The highest BCUT2D eigenvalue weighted by atomic mass is 32.2. The summed E-state index contributed by atoms with van der Waals surface area (Å²) in [6, 6.07) is 7.90. The Morgan fingerprint density at radius 2 is 2.21 bits per heavy atom. The van der Waals surface area contributed by atoms with Crippen LogP contribution in [0.5, 0.6) is 5.75 Å². The van der Waals surface area contributed by atoms with Crippen LogP contribution in [0.15, 0.2) is 30.5 Å². The van der Waals surface area contributed by atoms with E-state index in [2.05, 4.69) is 10.3 Å². The Kier molecular flexibility index (Phi) is 4.74. The molecular formula is C14H18N2O2S. The largest absolute Gasteiger partial charge is 0.497 e. The molecule has 1 aromatic heterocycles. The molecule has 0 saturated heterocycles. The van der Waals surface area contributed by atoms with Gasteiger partial charge in [-0.15, -0.1) is 0 Å². The van der Waals surface area contributed by atoms with Crippen LogP contribution in [0.1, 0.15) is 6.42 Å². The molecule has 4 nitrogen and oxygen atoms in total. The number of aromatic nitrogens is 1. The first-order valence-corrected chi connectivity index (χ1v) is 7.90. The molecule has 0 saturated carbocycles. The summed E-state index contributed by atoms with van der Waals surface area (Å²) in [5, 5.41) is 5.46. The smallest absolute Gasteiger partial charge is 0.133 e. The molecule has 0 fully saturated rings. The lowest BCUT2D eigenvalue weighted by Crippen LogP contribution is -2.07. The van der Waals surface area contributed by atoms with E-state index in [1.807, 2.05) is 24.3 Å². The van der Waals surface area contributed by atoms with Gasteiger partial charge in [-0.25, -0.2) is 4.98 Å². The van der Waals surface area contributed by atoms with E-state index >= 15 is 0 Å². The summed E-state index contributed by atoms with van der Waals surface area (Å²) in [5.41, 5.74) is 0. The molecule has 102 valence electrons. The number of pyridine rings is 1. The highest BCUT2D eigenvalue weighted by Gasteiger charge is 2.03. The van der Waals surface area contributed by atoms with Gasteiger partial charge in [0.2, 0.25) is 0 Å². The summed E-state index contributed by atoms with van der Waals surface area (Å²) in [6.45, 7) is 0.767. The van der Waals surface area contributed by atoms with Crippen molar-refractivity contribution in [2.45, 2.75) is 6.42 Å². The van der Waals surface area contributed by atoms with Crippen molar-refractivity contribution in [2.75, 3.05) is 31.0 Å². The Labute approximate surface area is 115 Å². The maximum atomic E-state index is 11.0. The third-order valence-electron chi connectivity index (χ3n) is 2.87. The van der Waals surface area contributed by atoms with Crippen LogP contribution in [-0.4, -0.2) is 34.9 Å². The topological polar surface area (TPSA) is 51.2 Å². The minimum absolute atomic E-state index is 0.709. The molecule has 1 aromatic carbocycles.